The molecule has 0 saturated heterocycles. The number of hydrazone groups is 1. The number of hydrogen-bond donors (Lipinski definition) is 4. The van der Waals surface area contributed by atoms with Crippen molar-refractivity contribution in [1.82, 2.24) is 20.2 Å². The van der Waals surface area contributed by atoms with Crippen molar-refractivity contribution in [1.29, 1.82) is 10.7 Å². The van der Waals surface area contributed by atoms with Gasteiger partial charge in [-0.3, -0.25) is 15.6 Å². The topological polar surface area (TPSA) is 179 Å². The Hall–Kier alpha value is -3.81. The van der Waals surface area contributed by atoms with Gasteiger partial charge in [-0.15, -0.1) is 10.2 Å². The second-order valence-electron chi connectivity index (χ2n) is 4.22. The Balaban J connectivity index is 2.20. The van der Waals surface area contributed by atoms with E-state index in [2.05, 4.69) is 25.9 Å². The van der Waals surface area contributed by atoms with E-state index in [4.69, 9.17) is 21.5 Å². The molecule has 0 unspecified atom stereocenters. The van der Waals surface area contributed by atoms with Gasteiger partial charge >= 0.3 is 5.97 Å². The van der Waals surface area contributed by atoms with Gasteiger partial charge in [-0.25, -0.2) is 0 Å². The van der Waals surface area contributed by atoms with Gasteiger partial charge in [0.2, 0.25) is 11.5 Å². The molecule has 0 bridgehead atoms. The fourth-order valence-corrected chi connectivity index (χ4v) is 1.54. The van der Waals surface area contributed by atoms with Crippen molar-refractivity contribution in [3.63, 3.8) is 0 Å². The molecule has 0 amide bonds. The molecule has 0 aliphatic heterocycles. The molecule has 0 radical (unpaired) electrons. The van der Waals surface area contributed by atoms with Crippen LogP contribution in [0.2, 0.25) is 0 Å². The highest BCUT2D eigenvalue weighted by Crippen LogP contribution is 2.18. The zero-order valence-electron chi connectivity index (χ0n) is 11.6. The van der Waals surface area contributed by atoms with Crippen LogP contribution in [0.15, 0.2) is 29.4 Å². The lowest BCUT2D eigenvalue weighted by atomic mass is 10.2. The minimum atomic E-state index is -1.08. The van der Waals surface area contributed by atoms with Crippen molar-refractivity contribution >= 4 is 23.2 Å². The highest BCUT2D eigenvalue weighted by molar-refractivity contribution is 6.45. The smallest absolute Gasteiger partial charge is 0.327 e. The molecule has 1 aromatic carbocycles. The van der Waals surface area contributed by atoms with Gasteiger partial charge in [0.15, 0.2) is 12.4 Å². The Bertz CT molecular complexity index is 818. The SMILES string of the molecule is N#C/C(=N\Nc1cccc(-c2nnn(CC(=O)O)n2)c1)C(=N)N. The number of hydrogen-bond acceptors (Lipinski definition) is 8. The molecule has 0 fully saturated rings. The summed E-state index contributed by atoms with van der Waals surface area (Å²) in [5, 5.41) is 39.6. The minimum absolute atomic E-state index is 0.242. The Morgan fingerprint density at radius 3 is 3.00 bits per heavy atom. The van der Waals surface area contributed by atoms with E-state index in [0.29, 0.717) is 11.3 Å². The van der Waals surface area contributed by atoms with Crippen LogP contribution in [-0.4, -0.2) is 42.8 Å². The van der Waals surface area contributed by atoms with Crippen LogP contribution in [0.5, 0.6) is 0 Å². The number of nitrogens with zero attached hydrogens (tertiary/aromatic N) is 6. The molecule has 0 spiro atoms. The van der Waals surface area contributed by atoms with E-state index in [-0.39, 0.29) is 18.1 Å². The van der Waals surface area contributed by atoms with Gasteiger partial charge in [-0.1, -0.05) is 12.1 Å². The van der Waals surface area contributed by atoms with Gasteiger partial charge in [-0.05, 0) is 17.3 Å². The zero-order chi connectivity index (χ0) is 16.8. The van der Waals surface area contributed by atoms with Gasteiger partial charge in [0, 0.05) is 5.56 Å². The first-order valence-corrected chi connectivity index (χ1v) is 6.18. The molecule has 1 aromatic heterocycles. The van der Waals surface area contributed by atoms with Gasteiger partial charge < -0.3 is 10.8 Å². The van der Waals surface area contributed by atoms with E-state index in [0.717, 1.165) is 4.80 Å². The lowest BCUT2D eigenvalue weighted by Gasteiger charge is -2.02. The van der Waals surface area contributed by atoms with E-state index in [1.165, 1.54) is 0 Å². The van der Waals surface area contributed by atoms with Crippen LogP contribution in [0.3, 0.4) is 0 Å². The molecule has 1 heterocycles. The van der Waals surface area contributed by atoms with Crippen molar-refractivity contribution < 1.29 is 9.90 Å². The molecule has 11 heteroatoms. The fourth-order valence-electron chi connectivity index (χ4n) is 1.54. The van der Waals surface area contributed by atoms with Crippen molar-refractivity contribution in [2.45, 2.75) is 6.54 Å². The molecule has 0 atom stereocenters. The number of nitriles is 1. The Morgan fingerprint density at radius 2 is 2.35 bits per heavy atom. The number of nitrogens with two attached hydrogens (primary N) is 1. The predicted octanol–water partition coefficient (Wildman–Crippen LogP) is -0.348. The predicted molar refractivity (Wildman–Crippen MR) is 79.5 cm³/mol. The highest BCUT2D eigenvalue weighted by Gasteiger charge is 2.09. The van der Waals surface area contributed by atoms with Crippen LogP contribution >= 0.6 is 0 Å². The third kappa shape index (κ3) is 4.08. The number of carboxylic acids is 1. The number of aromatic nitrogens is 4. The molecule has 23 heavy (non-hydrogen) atoms. The van der Waals surface area contributed by atoms with Crippen molar-refractivity contribution in [2.24, 2.45) is 10.8 Å². The van der Waals surface area contributed by atoms with Crippen LogP contribution in [0, 0.1) is 16.7 Å². The third-order valence-corrected chi connectivity index (χ3v) is 2.51. The lowest BCUT2D eigenvalue weighted by molar-refractivity contribution is -0.138. The monoisotopic (exact) mass is 313 g/mol. The van der Waals surface area contributed by atoms with Gasteiger partial charge in [-0.2, -0.15) is 15.2 Å². The fraction of sp³-hybridized carbons (Fsp3) is 0.0833. The van der Waals surface area contributed by atoms with E-state index >= 15 is 0 Å². The van der Waals surface area contributed by atoms with E-state index in [1.807, 2.05) is 0 Å². The summed E-state index contributed by atoms with van der Waals surface area (Å²) in [7, 11) is 0. The first-order valence-electron chi connectivity index (χ1n) is 6.18. The molecule has 2 aromatic rings. The summed E-state index contributed by atoms with van der Waals surface area (Å²) < 4.78 is 0. The Labute approximate surface area is 129 Å². The second kappa shape index (κ2) is 6.76. The van der Waals surface area contributed by atoms with E-state index in [1.54, 1.807) is 30.3 Å². The number of anilines is 1. The van der Waals surface area contributed by atoms with Gasteiger partial charge in [0.1, 0.15) is 6.07 Å². The summed E-state index contributed by atoms with van der Waals surface area (Å²) >= 11 is 0. The number of carbonyl (C=O) groups is 1. The number of nitrogens with one attached hydrogen (secondary N) is 2. The van der Waals surface area contributed by atoms with Crippen LogP contribution in [0.4, 0.5) is 5.69 Å². The second-order valence-corrected chi connectivity index (χ2v) is 4.22. The highest BCUT2D eigenvalue weighted by atomic mass is 16.4. The largest absolute Gasteiger partial charge is 0.480 e. The molecule has 116 valence electrons. The molecule has 0 aliphatic rings. The number of amidine groups is 1. The summed E-state index contributed by atoms with van der Waals surface area (Å²) in [6, 6.07) is 8.37. The number of aliphatic carboxylic acids is 1. The van der Waals surface area contributed by atoms with Crippen LogP contribution < -0.4 is 11.2 Å². The van der Waals surface area contributed by atoms with Crippen molar-refractivity contribution in [2.75, 3.05) is 5.43 Å². The van der Waals surface area contributed by atoms with Gasteiger partial charge in [0.25, 0.3) is 0 Å². The molecule has 0 aliphatic carbocycles. The van der Waals surface area contributed by atoms with E-state index < -0.39 is 11.8 Å². The lowest BCUT2D eigenvalue weighted by Crippen LogP contribution is -2.21. The first-order chi connectivity index (χ1) is 11.0. The number of tetrazole rings is 1. The van der Waals surface area contributed by atoms with Crippen LogP contribution in [0.25, 0.3) is 11.4 Å². The molecule has 11 nitrogen and oxygen atoms in total. The van der Waals surface area contributed by atoms with Crippen molar-refractivity contribution in [3.05, 3.63) is 24.3 Å². The average Bonchev–Trinajstić information content (AvgIpc) is 2.95. The molecule has 2 rings (SSSR count). The first kappa shape index (κ1) is 15.6. The summed E-state index contributed by atoms with van der Waals surface area (Å²) in [4.78, 5) is 11.6. The molecule has 5 N–H and O–H groups in total. The minimum Gasteiger partial charge on any atom is -0.480 e. The maximum Gasteiger partial charge on any atom is 0.327 e. The Morgan fingerprint density at radius 1 is 1.57 bits per heavy atom. The standard InChI is InChI=1S/C12H11N9O2/c13-5-9(11(14)15)17-16-8-3-1-2-7(4-8)12-18-20-21(19-12)6-10(22)23/h1-4,16H,6H2,(H3,14,15)(H,22,23)/b17-9+. The Kier molecular flexibility index (Phi) is 4.58. The number of rotatable bonds is 6. The zero-order valence-corrected chi connectivity index (χ0v) is 11.6. The number of carboxylic acid groups (broad SMARTS) is 1. The molecular weight excluding hydrogens is 302 g/mol. The third-order valence-electron chi connectivity index (χ3n) is 2.51. The maximum atomic E-state index is 10.6. The summed E-state index contributed by atoms with van der Waals surface area (Å²) in [6.07, 6.45) is 0. The van der Waals surface area contributed by atoms with E-state index in [9.17, 15) is 4.79 Å². The summed E-state index contributed by atoms with van der Waals surface area (Å²) in [5.41, 5.74) is 8.61. The van der Waals surface area contributed by atoms with Crippen LogP contribution in [0.1, 0.15) is 0 Å². The molecule has 0 saturated carbocycles. The van der Waals surface area contributed by atoms with Crippen LogP contribution in [-0.2, 0) is 11.3 Å². The maximum absolute atomic E-state index is 10.6. The quantitative estimate of drug-likeness (QED) is 0.317. The van der Waals surface area contributed by atoms with Gasteiger partial charge in [0.05, 0.1) is 5.69 Å². The summed E-state index contributed by atoms with van der Waals surface area (Å²) in [6.45, 7) is -0.390. The summed E-state index contributed by atoms with van der Waals surface area (Å²) in [5.74, 6) is -1.28. The average molecular weight is 313 g/mol. The molecular formula is C12H11N9O2. The number of benzene rings is 1. The normalized spacial score (nSPS) is 10.8. The van der Waals surface area contributed by atoms with Crippen molar-refractivity contribution in [3.8, 4) is 17.5 Å².